The molecule has 14 heteroatoms. The van der Waals surface area contributed by atoms with Gasteiger partial charge in [-0.3, -0.25) is 19.4 Å². The number of benzene rings is 3. The van der Waals surface area contributed by atoms with Crippen molar-refractivity contribution in [1.82, 2.24) is 9.80 Å². The quantitative estimate of drug-likeness (QED) is 0.159. The van der Waals surface area contributed by atoms with Crippen LogP contribution in [0, 0.1) is 0 Å². The lowest BCUT2D eigenvalue weighted by molar-refractivity contribution is -0.155. The Kier molecular flexibility index (Phi) is 12.4. The van der Waals surface area contributed by atoms with E-state index in [0.29, 0.717) is 11.1 Å². The fourth-order valence-corrected chi connectivity index (χ4v) is 5.76. The maximum atomic E-state index is 13.0. The summed E-state index contributed by atoms with van der Waals surface area (Å²) >= 11 is 0. The van der Waals surface area contributed by atoms with Crippen molar-refractivity contribution in [3.63, 3.8) is 0 Å². The SMILES string of the molecule is CC(C)(C)OC(=O)N1CCOCC1C(=O)OCC(=O)c1ccc(-c2ccc3cc(C(=O)COC(=O)[C@@H]4COCCN4C(=O)OC(C)(C)C)ccc3c2)cc1. The number of esters is 2. The van der Waals surface area contributed by atoms with Gasteiger partial charge in [0.2, 0.25) is 0 Å². The van der Waals surface area contributed by atoms with E-state index in [0.717, 1.165) is 21.9 Å². The molecule has 54 heavy (non-hydrogen) atoms. The highest BCUT2D eigenvalue weighted by Gasteiger charge is 2.38. The first-order valence-corrected chi connectivity index (χ1v) is 17.7. The van der Waals surface area contributed by atoms with E-state index < -0.39 is 72.2 Å². The van der Waals surface area contributed by atoms with Crippen molar-refractivity contribution in [1.29, 1.82) is 0 Å². The van der Waals surface area contributed by atoms with Gasteiger partial charge in [0.05, 0.1) is 26.4 Å². The lowest BCUT2D eigenvalue weighted by atomic mass is 9.98. The zero-order valence-corrected chi connectivity index (χ0v) is 31.4. The van der Waals surface area contributed by atoms with Crippen LogP contribution in [-0.4, -0.2) is 122 Å². The number of nitrogens with zero attached hydrogens (tertiary/aromatic N) is 2. The van der Waals surface area contributed by atoms with Crippen molar-refractivity contribution in [2.45, 2.75) is 64.8 Å². The number of ether oxygens (including phenoxy) is 6. The van der Waals surface area contributed by atoms with Crippen molar-refractivity contribution >= 4 is 46.5 Å². The summed E-state index contributed by atoms with van der Waals surface area (Å²) in [6, 6.07) is 15.6. The smallest absolute Gasteiger partial charge is 0.411 e. The van der Waals surface area contributed by atoms with Crippen molar-refractivity contribution in [2.24, 2.45) is 0 Å². The van der Waals surface area contributed by atoms with Crippen molar-refractivity contribution < 1.29 is 57.2 Å². The summed E-state index contributed by atoms with van der Waals surface area (Å²) in [5.74, 6) is -2.33. The number of rotatable bonds is 9. The van der Waals surface area contributed by atoms with Gasteiger partial charge >= 0.3 is 24.1 Å². The van der Waals surface area contributed by atoms with Crippen LogP contribution >= 0.6 is 0 Å². The molecule has 0 aromatic heterocycles. The summed E-state index contributed by atoms with van der Waals surface area (Å²) in [5.41, 5.74) is 0.898. The molecule has 0 saturated carbocycles. The van der Waals surface area contributed by atoms with E-state index in [-0.39, 0.29) is 39.5 Å². The Balaban J connectivity index is 1.15. The van der Waals surface area contributed by atoms with Gasteiger partial charge in [-0.1, -0.05) is 48.5 Å². The number of carbonyl (C=O) groups excluding carboxylic acids is 6. The largest absolute Gasteiger partial charge is 0.456 e. The Hall–Kier alpha value is -5.34. The second-order valence-corrected chi connectivity index (χ2v) is 14.9. The minimum absolute atomic E-state index is 0.0615. The molecule has 288 valence electrons. The topological polar surface area (TPSA) is 164 Å². The van der Waals surface area contributed by atoms with Crippen LogP contribution in [0.15, 0.2) is 60.7 Å². The van der Waals surface area contributed by atoms with Gasteiger partial charge in [0.25, 0.3) is 0 Å². The molecule has 14 nitrogen and oxygen atoms in total. The minimum atomic E-state index is -1.03. The third kappa shape index (κ3) is 10.4. The van der Waals surface area contributed by atoms with E-state index in [9.17, 15) is 28.8 Å². The number of carbonyl (C=O) groups is 6. The van der Waals surface area contributed by atoms with Crippen LogP contribution in [0.5, 0.6) is 0 Å². The Morgan fingerprint density at radius 3 is 1.52 bits per heavy atom. The summed E-state index contributed by atoms with van der Waals surface area (Å²) < 4.78 is 32.2. The van der Waals surface area contributed by atoms with Gasteiger partial charge < -0.3 is 28.4 Å². The average Bonchev–Trinajstić information content (AvgIpc) is 3.14. The molecular weight excluding hydrogens is 700 g/mol. The monoisotopic (exact) mass is 746 g/mol. The van der Waals surface area contributed by atoms with Gasteiger partial charge in [-0.05, 0) is 75.6 Å². The second-order valence-electron chi connectivity index (χ2n) is 14.9. The number of Topliss-reactive ketones (excluding diaryl/α,β-unsaturated/α-hetero) is 2. The van der Waals surface area contributed by atoms with E-state index in [2.05, 4.69) is 0 Å². The standard InChI is InChI=1S/C40H46N2O12/c1-39(2,3)53-37(47)41-15-17-49-21-31(41)35(45)51-23-33(43)26-9-7-25(8-10-26)27-11-12-29-20-30(14-13-28(29)19-27)34(44)24-52-36(46)32-22-50-18-16-42(32)38(48)54-40(4,5)6/h7-14,19-20,31-32H,15-18,21-24H2,1-6H3/t31?,32-/m0/s1. The Labute approximate surface area is 313 Å². The van der Waals surface area contributed by atoms with E-state index >= 15 is 0 Å². The number of amides is 2. The Bertz CT molecular complexity index is 1890. The van der Waals surface area contributed by atoms with Crippen LogP contribution in [-0.2, 0) is 38.0 Å². The number of fused-ring (bicyclic) bond motifs is 1. The van der Waals surface area contributed by atoms with E-state index in [4.69, 9.17) is 28.4 Å². The molecule has 0 bridgehead atoms. The van der Waals surface area contributed by atoms with Gasteiger partial charge in [0.15, 0.2) is 36.9 Å². The molecule has 0 aliphatic carbocycles. The van der Waals surface area contributed by atoms with Crippen molar-refractivity contribution in [3.05, 3.63) is 71.8 Å². The van der Waals surface area contributed by atoms with Crippen LogP contribution in [0.3, 0.4) is 0 Å². The summed E-state index contributed by atoms with van der Waals surface area (Å²) in [5, 5.41) is 1.64. The molecule has 1 unspecified atom stereocenters. The molecule has 3 aromatic rings. The van der Waals surface area contributed by atoms with Gasteiger partial charge in [-0.15, -0.1) is 0 Å². The molecule has 5 rings (SSSR count). The summed E-state index contributed by atoms with van der Waals surface area (Å²) in [6.07, 6.45) is -1.31. The Morgan fingerprint density at radius 1 is 0.593 bits per heavy atom. The molecule has 2 amide bonds. The van der Waals surface area contributed by atoms with Crippen LogP contribution in [0.1, 0.15) is 62.3 Å². The summed E-state index contributed by atoms with van der Waals surface area (Å²) in [6.45, 7) is 10.1. The third-order valence-electron chi connectivity index (χ3n) is 8.45. The number of hydrogen-bond donors (Lipinski definition) is 0. The van der Waals surface area contributed by atoms with Gasteiger partial charge in [-0.25, -0.2) is 19.2 Å². The van der Waals surface area contributed by atoms with E-state index in [1.54, 1.807) is 84.0 Å². The van der Waals surface area contributed by atoms with Gasteiger partial charge in [-0.2, -0.15) is 0 Å². The maximum absolute atomic E-state index is 13.0. The van der Waals surface area contributed by atoms with Crippen LogP contribution < -0.4 is 0 Å². The molecule has 2 atom stereocenters. The molecular formula is C40H46N2O12. The van der Waals surface area contributed by atoms with Crippen molar-refractivity contribution in [2.75, 3.05) is 52.7 Å². The molecule has 2 saturated heterocycles. The van der Waals surface area contributed by atoms with Crippen LogP contribution in [0.25, 0.3) is 21.9 Å². The second kappa shape index (κ2) is 16.8. The summed E-state index contributed by atoms with van der Waals surface area (Å²) in [7, 11) is 0. The number of hydrogen-bond acceptors (Lipinski definition) is 12. The van der Waals surface area contributed by atoms with E-state index in [1.165, 1.54) is 9.80 Å². The molecule has 0 N–H and O–H groups in total. The maximum Gasteiger partial charge on any atom is 0.411 e. The molecule has 2 aliphatic heterocycles. The Morgan fingerprint density at radius 2 is 1.02 bits per heavy atom. The predicted octanol–water partition coefficient (Wildman–Crippen LogP) is 5.23. The first kappa shape index (κ1) is 39.9. The molecule has 3 aromatic carbocycles. The lowest BCUT2D eigenvalue weighted by Gasteiger charge is -2.35. The molecule has 0 radical (unpaired) electrons. The first-order chi connectivity index (χ1) is 25.5. The first-order valence-electron chi connectivity index (χ1n) is 17.7. The zero-order valence-electron chi connectivity index (χ0n) is 31.4. The molecule has 2 aliphatic rings. The highest BCUT2D eigenvalue weighted by atomic mass is 16.6. The summed E-state index contributed by atoms with van der Waals surface area (Å²) in [4.78, 5) is 79.4. The molecule has 2 fully saturated rings. The highest BCUT2D eigenvalue weighted by Crippen LogP contribution is 2.26. The minimum Gasteiger partial charge on any atom is -0.456 e. The average molecular weight is 747 g/mol. The fourth-order valence-electron chi connectivity index (χ4n) is 5.76. The predicted molar refractivity (Wildman–Crippen MR) is 195 cm³/mol. The molecule has 2 heterocycles. The normalized spacial score (nSPS) is 17.7. The lowest BCUT2D eigenvalue weighted by Crippen LogP contribution is -2.54. The number of ketones is 2. The van der Waals surface area contributed by atoms with Crippen LogP contribution in [0.2, 0.25) is 0 Å². The van der Waals surface area contributed by atoms with Crippen LogP contribution in [0.4, 0.5) is 9.59 Å². The highest BCUT2D eigenvalue weighted by molar-refractivity contribution is 6.02. The molecule has 0 spiro atoms. The van der Waals surface area contributed by atoms with Gasteiger partial charge in [0, 0.05) is 24.2 Å². The zero-order chi connectivity index (χ0) is 39.2. The van der Waals surface area contributed by atoms with Crippen molar-refractivity contribution in [3.8, 4) is 11.1 Å². The fraction of sp³-hybridized carbons (Fsp3) is 0.450. The van der Waals surface area contributed by atoms with Gasteiger partial charge in [0.1, 0.15) is 11.2 Å². The third-order valence-corrected chi connectivity index (χ3v) is 8.45. The van der Waals surface area contributed by atoms with E-state index in [1.807, 2.05) is 18.2 Å². The number of morpholine rings is 2.